The molecule has 0 saturated carbocycles. The van der Waals surface area contributed by atoms with Crippen molar-refractivity contribution in [2.45, 2.75) is 25.8 Å². The van der Waals surface area contributed by atoms with E-state index in [9.17, 15) is 19.8 Å². The second kappa shape index (κ2) is 7.64. The van der Waals surface area contributed by atoms with E-state index in [1.807, 2.05) is 0 Å². The number of ether oxygens (including phenoxy) is 1. The highest BCUT2D eigenvalue weighted by Crippen LogP contribution is 2.24. The monoisotopic (exact) mass is 472 g/mol. The maximum atomic E-state index is 12.8. The van der Waals surface area contributed by atoms with Gasteiger partial charge in [0.25, 0.3) is 5.56 Å². The quantitative estimate of drug-likeness (QED) is 0.639. The Balaban J connectivity index is 1.99. The molecule has 1 aromatic heterocycles. The molecule has 0 amide bonds. The van der Waals surface area contributed by atoms with Gasteiger partial charge < -0.3 is 18.0 Å². The zero-order valence-corrected chi connectivity index (χ0v) is 16.0. The van der Waals surface area contributed by atoms with E-state index >= 15 is 0 Å². The van der Waals surface area contributed by atoms with E-state index in [0.717, 1.165) is 10.1 Å². The van der Waals surface area contributed by atoms with Crippen molar-refractivity contribution >= 4 is 23.0 Å². The summed E-state index contributed by atoms with van der Waals surface area (Å²) in [6.07, 6.45) is 0.958. The van der Waals surface area contributed by atoms with Crippen LogP contribution in [0.25, 0.3) is 0 Å². The summed E-state index contributed by atoms with van der Waals surface area (Å²) in [5.41, 5.74) is 0.158. The number of rotatable bonds is 5. The summed E-state index contributed by atoms with van der Waals surface area (Å²) in [5, 5.41) is 19.0. The maximum Gasteiger partial charge on any atom is 0.333 e. The fraction of sp³-hybridized carbons (Fsp3) is 0.294. The number of hydrogen-bond acceptors (Lipinski definition) is 6. The van der Waals surface area contributed by atoms with Gasteiger partial charge in [0.2, 0.25) is 0 Å². The van der Waals surface area contributed by atoms with Gasteiger partial charge in [-0.05, 0) is 24.6 Å². The number of nitrogens with zero attached hydrogens (tertiary/aromatic N) is 2. The van der Waals surface area contributed by atoms with E-state index in [4.69, 9.17) is 7.80 Å². The average Bonchev–Trinajstić information content (AvgIpc) is 3.02. The summed E-state index contributed by atoms with van der Waals surface area (Å²) < 4.78 is 12.9. The topological polar surface area (TPSA) is 103 Å². The third-order valence-corrected chi connectivity index (χ3v) is 4.62. The molecule has 0 spiro atoms. The fourth-order valence-corrected chi connectivity index (χ4v) is 3.02. The van der Waals surface area contributed by atoms with E-state index in [-0.39, 0.29) is 12.3 Å². The lowest BCUT2D eigenvalue weighted by Crippen LogP contribution is -2.42. The molecule has 2 N–H and O–H groups in total. The smallest absolute Gasteiger partial charge is 0.333 e. The van der Waals surface area contributed by atoms with E-state index in [1.165, 1.54) is 16.8 Å². The number of aromatic nitrogens is 2. The minimum atomic E-state index is -0.889. The summed E-state index contributed by atoms with van der Waals surface area (Å²) in [6, 6.07) is 7.03. The first-order chi connectivity index (χ1) is 12.4. The van der Waals surface area contributed by atoms with Crippen molar-refractivity contribution in [3.05, 3.63) is 74.3 Å². The van der Waals surface area contributed by atoms with Crippen LogP contribution in [0.15, 0.2) is 51.9 Å². The number of aryl methyl sites for hydroxylation is 1. The number of aliphatic hydroxyl groups is 2. The number of benzene rings is 1. The molecule has 0 radical (unpaired) electrons. The van der Waals surface area contributed by atoms with Gasteiger partial charge in [-0.2, -0.15) is 0 Å². The Morgan fingerprint density at radius 2 is 1.96 bits per heavy atom. The standard InChI is InChI=1S/C17H17IN2O6/c1-10-7-19(15-6-13(22)14(9-21)25-15)17(24)20(16(10)23)8-11-2-4-12(26-18)5-3-11/h2-7,14-15,21-22H,8-9H2,1H3/t14-,15-/m1/s1. The van der Waals surface area contributed by atoms with Gasteiger partial charge in [-0.3, -0.25) is 13.9 Å². The molecule has 0 fully saturated rings. The first-order valence-corrected chi connectivity index (χ1v) is 8.69. The minimum absolute atomic E-state index is 0.0900. The Hall–Kier alpha value is -2.11. The molecular formula is C17H17IN2O6. The number of hydrogen-bond donors (Lipinski definition) is 2. The van der Waals surface area contributed by atoms with Crippen molar-refractivity contribution in [1.29, 1.82) is 0 Å². The minimum Gasteiger partial charge on any atom is -0.510 e. The molecule has 9 heteroatoms. The van der Waals surface area contributed by atoms with Crippen LogP contribution in [0.2, 0.25) is 0 Å². The van der Waals surface area contributed by atoms with Crippen LogP contribution in [0, 0.1) is 6.92 Å². The summed E-state index contributed by atoms with van der Waals surface area (Å²) in [7, 11) is 0. The van der Waals surface area contributed by atoms with Crippen LogP contribution < -0.4 is 14.3 Å². The molecule has 1 aliphatic heterocycles. The van der Waals surface area contributed by atoms with Gasteiger partial charge in [0.15, 0.2) is 29.2 Å². The Bertz CT molecular complexity index is 947. The Kier molecular flexibility index (Phi) is 5.49. The maximum absolute atomic E-state index is 12.8. The molecule has 2 atom stereocenters. The predicted octanol–water partition coefficient (Wildman–Crippen LogP) is 1.43. The second-order valence-electron chi connectivity index (χ2n) is 5.90. The molecule has 0 aliphatic carbocycles. The van der Waals surface area contributed by atoms with Crippen molar-refractivity contribution < 1.29 is 18.0 Å². The van der Waals surface area contributed by atoms with Gasteiger partial charge in [0, 0.05) is 17.8 Å². The summed E-state index contributed by atoms with van der Waals surface area (Å²) in [6.45, 7) is 1.29. The van der Waals surface area contributed by atoms with E-state index in [1.54, 1.807) is 54.2 Å². The molecule has 2 heterocycles. The Labute approximate surface area is 162 Å². The van der Waals surface area contributed by atoms with Gasteiger partial charge in [0.1, 0.15) is 17.6 Å². The molecule has 1 aliphatic rings. The summed E-state index contributed by atoms with van der Waals surface area (Å²) >= 11 is 1.77. The van der Waals surface area contributed by atoms with Crippen molar-refractivity contribution in [2.75, 3.05) is 6.61 Å². The molecule has 8 nitrogen and oxygen atoms in total. The highest BCUT2D eigenvalue weighted by molar-refractivity contribution is 14.1. The average molecular weight is 472 g/mol. The largest absolute Gasteiger partial charge is 0.510 e. The summed E-state index contributed by atoms with van der Waals surface area (Å²) in [4.78, 5) is 25.3. The van der Waals surface area contributed by atoms with Crippen LogP contribution in [0.3, 0.4) is 0 Å². The van der Waals surface area contributed by atoms with E-state index in [2.05, 4.69) is 0 Å². The van der Waals surface area contributed by atoms with E-state index in [0.29, 0.717) is 11.3 Å². The molecular weight excluding hydrogens is 455 g/mol. The third-order valence-electron chi connectivity index (χ3n) is 4.11. The third kappa shape index (κ3) is 3.55. The highest BCUT2D eigenvalue weighted by atomic mass is 127. The molecule has 0 saturated heterocycles. The van der Waals surface area contributed by atoms with Crippen molar-refractivity contribution in [2.24, 2.45) is 0 Å². The number of aliphatic hydroxyl groups excluding tert-OH is 2. The van der Waals surface area contributed by atoms with Crippen molar-refractivity contribution in [3.8, 4) is 5.75 Å². The van der Waals surface area contributed by atoms with Crippen LogP contribution in [0.4, 0.5) is 0 Å². The Morgan fingerprint density at radius 3 is 2.54 bits per heavy atom. The zero-order chi connectivity index (χ0) is 18.8. The lowest BCUT2D eigenvalue weighted by atomic mass is 10.2. The van der Waals surface area contributed by atoms with Crippen LogP contribution >= 0.6 is 23.0 Å². The lowest BCUT2D eigenvalue weighted by molar-refractivity contribution is -0.0256. The normalized spacial score (nSPS) is 19.4. The molecule has 1 aromatic carbocycles. The first-order valence-electron chi connectivity index (χ1n) is 7.81. The molecule has 26 heavy (non-hydrogen) atoms. The molecule has 2 aromatic rings. The van der Waals surface area contributed by atoms with E-state index < -0.39 is 30.2 Å². The predicted molar refractivity (Wildman–Crippen MR) is 102 cm³/mol. The highest BCUT2D eigenvalue weighted by Gasteiger charge is 2.29. The van der Waals surface area contributed by atoms with Crippen LogP contribution in [-0.4, -0.2) is 32.1 Å². The van der Waals surface area contributed by atoms with Crippen LogP contribution in [-0.2, 0) is 11.3 Å². The van der Waals surface area contributed by atoms with Gasteiger partial charge in [-0.25, -0.2) is 4.79 Å². The fourth-order valence-electron chi connectivity index (χ4n) is 2.72. The Morgan fingerprint density at radius 1 is 1.27 bits per heavy atom. The van der Waals surface area contributed by atoms with Gasteiger partial charge in [0.05, 0.1) is 13.2 Å². The molecule has 138 valence electrons. The first kappa shape index (κ1) is 18.7. The second-order valence-corrected chi connectivity index (χ2v) is 6.34. The summed E-state index contributed by atoms with van der Waals surface area (Å²) in [5.74, 6) is 0.521. The molecule has 0 unspecified atom stereocenters. The van der Waals surface area contributed by atoms with Crippen LogP contribution in [0.5, 0.6) is 5.75 Å². The zero-order valence-electron chi connectivity index (χ0n) is 13.8. The van der Waals surface area contributed by atoms with Gasteiger partial charge in [-0.1, -0.05) is 12.1 Å². The molecule has 3 rings (SSSR count). The lowest BCUT2D eigenvalue weighted by Gasteiger charge is -2.17. The number of halogens is 1. The van der Waals surface area contributed by atoms with Crippen molar-refractivity contribution in [1.82, 2.24) is 9.13 Å². The van der Waals surface area contributed by atoms with Gasteiger partial charge in [-0.15, -0.1) is 0 Å². The molecule has 0 bridgehead atoms. The van der Waals surface area contributed by atoms with Gasteiger partial charge >= 0.3 is 5.69 Å². The SMILES string of the molecule is Cc1cn([C@H]2C=C(O)[C@@H](CO)O2)c(=O)n(Cc2ccc(OI)cc2)c1=O. The van der Waals surface area contributed by atoms with Crippen LogP contribution in [0.1, 0.15) is 17.4 Å². The van der Waals surface area contributed by atoms with Crippen molar-refractivity contribution in [3.63, 3.8) is 0 Å².